The maximum Gasteiger partial charge on any atom is 0.122 e. The standard InChI is InChI=1S/C19H31N3O2.ClH/c1-23-18-11-17(12-19(13-18)24-2)15-22-9-7-21(8-10-22)14-16-3-5-20-6-4-16;/h11-13,16,20H,3-10,14-15H2,1-2H3;1H. The molecule has 2 aliphatic heterocycles. The molecule has 2 fully saturated rings. The van der Waals surface area contributed by atoms with Crippen molar-refractivity contribution in [2.45, 2.75) is 19.4 Å². The summed E-state index contributed by atoms with van der Waals surface area (Å²) in [6.45, 7) is 9.30. The molecule has 0 amide bonds. The monoisotopic (exact) mass is 369 g/mol. The van der Waals surface area contributed by atoms with E-state index in [9.17, 15) is 0 Å². The fraction of sp³-hybridized carbons (Fsp3) is 0.684. The molecule has 0 spiro atoms. The van der Waals surface area contributed by atoms with Gasteiger partial charge >= 0.3 is 0 Å². The van der Waals surface area contributed by atoms with Crippen LogP contribution in [0.25, 0.3) is 0 Å². The molecule has 2 heterocycles. The van der Waals surface area contributed by atoms with Crippen molar-refractivity contribution in [3.8, 4) is 11.5 Å². The number of methoxy groups -OCH3 is 2. The average molecular weight is 370 g/mol. The summed E-state index contributed by atoms with van der Waals surface area (Å²) in [5.74, 6) is 2.63. The Morgan fingerprint density at radius 1 is 0.920 bits per heavy atom. The lowest BCUT2D eigenvalue weighted by molar-refractivity contribution is 0.107. The molecule has 2 aliphatic rings. The van der Waals surface area contributed by atoms with Gasteiger partial charge in [-0.05, 0) is 49.5 Å². The lowest BCUT2D eigenvalue weighted by Crippen LogP contribution is -2.48. The van der Waals surface area contributed by atoms with E-state index in [1.165, 1.54) is 51.1 Å². The van der Waals surface area contributed by atoms with Crippen LogP contribution in [0.5, 0.6) is 11.5 Å². The summed E-state index contributed by atoms with van der Waals surface area (Å²) >= 11 is 0. The fourth-order valence-electron chi connectivity index (χ4n) is 3.78. The molecule has 0 atom stereocenters. The third kappa shape index (κ3) is 6.03. The van der Waals surface area contributed by atoms with Gasteiger partial charge in [0.15, 0.2) is 0 Å². The fourth-order valence-corrected chi connectivity index (χ4v) is 3.78. The van der Waals surface area contributed by atoms with Crippen LogP contribution in [0.1, 0.15) is 18.4 Å². The predicted molar refractivity (Wildman–Crippen MR) is 104 cm³/mol. The van der Waals surface area contributed by atoms with Gasteiger partial charge in [0.05, 0.1) is 14.2 Å². The molecule has 0 aromatic heterocycles. The Hall–Kier alpha value is -1.01. The summed E-state index contributed by atoms with van der Waals surface area (Å²) in [6.07, 6.45) is 2.67. The Kier molecular flexibility index (Phi) is 8.30. The average Bonchev–Trinajstić information content (AvgIpc) is 2.64. The van der Waals surface area contributed by atoms with Crippen molar-refractivity contribution in [1.29, 1.82) is 0 Å². The van der Waals surface area contributed by atoms with Crippen LogP contribution in [0.15, 0.2) is 18.2 Å². The lowest BCUT2D eigenvalue weighted by Gasteiger charge is -2.37. The predicted octanol–water partition coefficient (Wildman–Crippen LogP) is 2.24. The van der Waals surface area contributed by atoms with Crippen molar-refractivity contribution < 1.29 is 9.47 Å². The van der Waals surface area contributed by atoms with Gasteiger partial charge in [0, 0.05) is 45.3 Å². The molecule has 0 bridgehead atoms. The summed E-state index contributed by atoms with van der Waals surface area (Å²) in [5.41, 5.74) is 1.26. The quantitative estimate of drug-likeness (QED) is 0.832. The Morgan fingerprint density at radius 2 is 1.48 bits per heavy atom. The van der Waals surface area contributed by atoms with Crippen LogP contribution in [0.3, 0.4) is 0 Å². The lowest BCUT2D eigenvalue weighted by atomic mass is 9.97. The molecule has 0 radical (unpaired) electrons. The molecule has 1 aromatic rings. The van der Waals surface area contributed by atoms with E-state index in [0.717, 1.165) is 37.1 Å². The zero-order chi connectivity index (χ0) is 16.8. The third-order valence-corrected chi connectivity index (χ3v) is 5.26. The molecule has 1 aromatic carbocycles. The van der Waals surface area contributed by atoms with Crippen molar-refractivity contribution in [2.24, 2.45) is 5.92 Å². The molecule has 25 heavy (non-hydrogen) atoms. The number of hydrogen-bond acceptors (Lipinski definition) is 5. The highest BCUT2D eigenvalue weighted by Gasteiger charge is 2.21. The smallest absolute Gasteiger partial charge is 0.122 e. The van der Waals surface area contributed by atoms with Crippen LogP contribution in [0.4, 0.5) is 0 Å². The van der Waals surface area contributed by atoms with Crippen molar-refractivity contribution in [3.63, 3.8) is 0 Å². The van der Waals surface area contributed by atoms with Gasteiger partial charge in [-0.3, -0.25) is 4.90 Å². The molecule has 0 saturated carbocycles. The van der Waals surface area contributed by atoms with E-state index in [4.69, 9.17) is 9.47 Å². The highest BCUT2D eigenvalue weighted by molar-refractivity contribution is 5.85. The zero-order valence-corrected chi connectivity index (χ0v) is 16.3. The number of halogens is 1. The first-order valence-electron chi connectivity index (χ1n) is 9.14. The number of nitrogens with one attached hydrogen (secondary N) is 1. The molecule has 0 unspecified atom stereocenters. The minimum Gasteiger partial charge on any atom is -0.497 e. The molecule has 0 aliphatic carbocycles. The van der Waals surface area contributed by atoms with Crippen LogP contribution >= 0.6 is 12.4 Å². The summed E-state index contributed by atoms with van der Waals surface area (Å²) < 4.78 is 10.8. The number of piperidine rings is 1. The Balaban J connectivity index is 0.00000225. The van der Waals surface area contributed by atoms with Gasteiger partial charge in [-0.15, -0.1) is 12.4 Å². The topological polar surface area (TPSA) is 37.0 Å². The molecule has 2 saturated heterocycles. The number of piperazine rings is 1. The van der Waals surface area contributed by atoms with Crippen molar-refractivity contribution in [2.75, 3.05) is 60.0 Å². The molecule has 5 nitrogen and oxygen atoms in total. The van der Waals surface area contributed by atoms with E-state index < -0.39 is 0 Å². The summed E-state index contributed by atoms with van der Waals surface area (Å²) in [6, 6.07) is 6.16. The largest absolute Gasteiger partial charge is 0.497 e. The number of hydrogen-bond donors (Lipinski definition) is 1. The summed E-state index contributed by atoms with van der Waals surface area (Å²) in [7, 11) is 3.41. The first-order chi connectivity index (χ1) is 11.8. The Bertz CT molecular complexity index is 493. The van der Waals surface area contributed by atoms with Gasteiger partial charge in [-0.2, -0.15) is 0 Å². The van der Waals surface area contributed by atoms with Crippen LogP contribution in [0, 0.1) is 5.92 Å². The number of nitrogens with zero attached hydrogens (tertiary/aromatic N) is 2. The SMILES string of the molecule is COc1cc(CN2CCN(CC3CCNCC3)CC2)cc(OC)c1.Cl. The minimum atomic E-state index is 0. The summed E-state index contributed by atoms with van der Waals surface area (Å²) in [5, 5.41) is 3.46. The van der Waals surface area contributed by atoms with Crippen molar-refractivity contribution in [3.05, 3.63) is 23.8 Å². The van der Waals surface area contributed by atoms with E-state index in [-0.39, 0.29) is 12.4 Å². The van der Waals surface area contributed by atoms with Gasteiger partial charge in [0.1, 0.15) is 11.5 Å². The second kappa shape index (κ2) is 10.2. The Morgan fingerprint density at radius 3 is 2.04 bits per heavy atom. The van der Waals surface area contributed by atoms with Gasteiger partial charge in [0.2, 0.25) is 0 Å². The number of benzene rings is 1. The highest BCUT2D eigenvalue weighted by atomic mass is 35.5. The van der Waals surface area contributed by atoms with E-state index >= 15 is 0 Å². The first-order valence-corrected chi connectivity index (χ1v) is 9.14. The van der Waals surface area contributed by atoms with Crippen molar-refractivity contribution >= 4 is 12.4 Å². The van der Waals surface area contributed by atoms with Gasteiger partial charge in [0.25, 0.3) is 0 Å². The van der Waals surface area contributed by atoms with Gasteiger partial charge in [-0.1, -0.05) is 0 Å². The van der Waals surface area contributed by atoms with Gasteiger partial charge in [-0.25, -0.2) is 0 Å². The van der Waals surface area contributed by atoms with E-state index in [1.807, 2.05) is 6.07 Å². The molecule has 1 N–H and O–H groups in total. The van der Waals surface area contributed by atoms with Gasteiger partial charge < -0.3 is 19.7 Å². The molecule has 142 valence electrons. The van der Waals surface area contributed by atoms with Crippen LogP contribution < -0.4 is 14.8 Å². The number of rotatable bonds is 6. The van der Waals surface area contributed by atoms with Crippen LogP contribution in [0.2, 0.25) is 0 Å². The second-order valence-corrected chi connectivity index (χ2v) is 6.99. The number of ether oxygens (including phenoxy) is 2. The van der Waals surface area contributed by atoms with E-state index in [2.05, 4.69) is 27.2 Å². The maximum atomic E-state index is 5.38. The molecular weight excluding hydrogens is 338 g/mol. The van der Waals surface area contributed by atoms with E-state index in [1.54, 1.807) is 14.2 Å². The zero-order valence-electron chi connectivity index (χ0n) is 15.5. The molecular formula is C19H32ClN3O2. The van der Waals surface area contributed by atoms with E-state index in [0.29, 0.717) is 0 Å². The summed E-state index contributed by atoms with van der Waals surface area (Å²) in [4.78, 5) is 5.19. The first kappa shape index (κ1) is 20.3. The molecule has 6 heteroatoms. The van der Waals surface area contributed by atoms with Crippen LogP contribution in [-0.4, -0.2) is 69.8 Å². The maximum absolute atomic E-state index is 5.38. The van der Waals surface area contributed by atoms with Crippen LogP contribution in [-0.2, 0) is 6.54 Å². The Labute approximate surface area is 158 Å². The third-order valence-electron chi connectivity index (χ3n) is 5.26. The van der Waals surface area contributed by atoms with Crippen molar-refractivity contribution in [1.82, 2.24) is 15.1 Å². The highest BCUT2D eigenvalue weighted by Crippen LogP contribution is 2.24. The second-order valence-electron chi connectivity index (χ2n) is 6.99. The minimum absolute atomic E-state index is 0. The molecule has 3 rings (SSSR count). The normalized spacial score (nSPS) is 20.1.